The molecule has 0 N–H and O–H groups in total. The van der Waals surface area contributed by atoms with E-state index >= 15 is 0 Å². The maximum atomic E-state index is 12.6. The van der Waals surface area contributed by atoms with Crippen LogP contribution in [0.3, 0.4) is 0 Å². The van der Waals surface area contributed by atoms with Crippen molar-refractivity contribution in [2.75, 3.05) is 13.6 Å². The molecule has 0 fully saturated rings. The van der Waals surface area contributed by atoms with Crippen LogP contribution in [0.1, 0.15) is 20.7 Å². The maximum absolute atomic E-state index is 12.6. The largest absolute Gasteiger partial charge is 0.516 e. The Morgan fingerprint density at radius 3 is 1.45 bits per heavy atom. The van der Waals surface area contributed by atoms with E-state index in [1.54, 1.807) is 0 Å². The summed E-state index contributed by atoms with van der Waals surface area (Å²) < 4.78 is 38.0. The van der Waals surface area contributed by atoms with E-state index in [-0.39, 0.29) is 28.4 Å². The zero-order chi connectivity index (χ0) is 34.3. The molecule has 17 heteroatoms. The molecule has 0 aliphatic rings. The van der Waals surface area contributed by atoms with Gasteiger partial charge in [0.05, 0.1) is 22.1 Å². The van der Waals surface area contributed by atoms with Crippen molar-refractivity contribution in [1.29, 1.82) is 0 Å². The third-order valence-corrected chi connectivity index (χ3v) is 5.21. The number of carbonyl (C=O) groups is 6. The van der Waals surface area contributed by atoms with E-state index in [9.17, 15) is 38.9 Å². The fourth-order valence-electron chi connectivity index (χ4n) is 3.07. The summed E-state index contributed by atoms with van der Waals surface area (Å²) in [6.45, 7) is 4.92. The number of rotatable bonds is 13. The zero-order valence-corrected chi connectivity index (χ0v) is 23.8. The topological polar surface area (TPSA) is 219 Å². The van der Waals surface area contributed by atoms with Gasteiger partial charge in [-0.2, -0.15) is 0 Å². The minimum absolute atomic E-state index is 0.0272. The minimum atomic E-state index is -1.20. The van der Waals surface area contributed by atoms with Crippen LogP contribution in [0.5, 0.6) is 23.0 Å². The normalized spacial score (nSPS) is 9.87. The fourth-order valence-corrected chi connectivity index (χ4v) is 3.07. The Hall–Kier alpha value is -7.04. The first-order valence-corrected chi connectivity index (χ1v) is 12.7. The number of esters is 4. The number of carbonyl (C=O) groups excluding carboxylic acids is 6. The third kappa shape index (κ3) is 10.9. The van der Waals surface area contributed by atoms with E-state index in [1.807, 2.05) is 0 Å². The smallest absolute Gasteiger partial charge is 0.425 e. The Morgan fingerprint density at radius 1 is 0.596 bits per heavy atom. The molecule has 0 radical (unpaired) electrons. The van der Waals surface area contributed by atoms with Gasteiger partial charge in [0.25, 0.3) is 0 Å². The van der Waals surface area contributed by atoms with E-state index < -0.39 is 66.1 Å². The standard InChI is InChI=1S/C30H21NO16/c1-3-25(32)40-16-42-29(36)45-20-9-5-18(6-10-20)27(34)44-22-13-14-24(23(15-22)31(38)39)47-28(35)19-7-11-21(12-8-19)46-30(37)43-17-41-26(33)4-2/h3-15H,1-2,16-17H2. The molecule has 0 heterocycles. The SMILES string of the molecule is C=CC(=O)OCOC(=O)Oc1ccc(C(=O)Oc2ccc(OC(=O)c3ccc(OC(=O)OCOC(=O)C=C)cc3)c([N+](=O)[O-])c2)cc1. The van der Waals surface area contributed by atoms with Crippen LogP contribution in [0.25, 0.3) is 0 Å². The highest BCUT2D eigenvalue weighted by Gasteiger charge is 2.22. The molecular weight excluding hydrogens is 630 g/mol. The van der Waals surface area contributed by atoms with Gasteiger partial charge >= 0.3 is 41.9 Å². The van der Waals surface area contributed by atoms with Gasteiger partial charge in [0.2, 0.25) is 19.3 Å². The van der Waals surface area contributed by atoms with Crippen LogP contribution in [0.2, 0.25) is 0 Å². The Kier molecular flexibility index (Phi) is 12.2. The predicted octanol–water partition coefficient (Wildman–Crippen LogP) is 4.44. The van der Waals surface area contributed by atoms with Gasteiger partial charge in [-0.1, -0.05) is 13.2 Å². The molecule has 3 aromatic rings. The highest BCUT2D eigenvalue weighted by molar-refractivity contribution is 5.92. The lowest BCUT2D eigenvalue weighted by molar-refractivity contribution is -0.385. The molecule has 3 rings (SSSR count). The van der Waals surface area contributed by atoms with E-state index in [1.165, 1.54) is 48.5 Å². The Morgan fingerprint density at radius 2 is 1.02 bits per heavy atom. The molecule has 0 aromatic heterocycles. The summed E-state index contributed by atoms with van der Waals surface area (Å²) in [5.74, 6) is -4.37. The van der Waals surface area contributed by atoms with E-state index in [2.05, 4.69) is 32.1 Å². The molecule has 0 aliphatic heterocycles. The van der Waals surface area contributed by atoms with Gasteiger partial charge in [-0.3, -0.25) is 10.1 Å². The summed E-state index contributed by atoms with van der Waals surface area (Å²) in [5, 5.41) is 11.7. The number of benzene rings is 3. The molecule has 0 saturated carbocycles. The van der Waals surface area contributed by atoms with Crippen LogP contribution in [-0.4, -0.2) is 54.7 Å². The van der Waals surface area contributed by atoms with Crippen LogP contribution in [0.15, 0.2) is 92.0 Å². The maximum Gasteiger partial charge on any atom is 0.516 e. The Labute approximate surface area is 263 Å². The number of hydrogen-bond donors (Lipinski definition) is 0. The van der Waals surface area contributed by atoms with Gasteiger partial charge in [-0.25, -0.2) is 28.8 Å². The molecule has 0 amide bonds. The second-order valence-corrected chi connectivity index (χ2v) is 8.28. The molecule has 17 nitrogen and oxygen atoms in total. The third-order valence-electron chi connectivity index (χ3n) is 5.21. The van der Waals surface area contributed by atoms with Crippen LogP contribution in [0, 0.1) is 10.1 Å². The average molecular weight is 651 g/mol. The van der Waals surface area contributed by atoms with Crippen molar-refractivity contribution in [3.63, 3.8) is 0 Å². The number of nitrogens with zero attached hydrogens (tertiary/aromatic N) is 1. The highest BCUT2D eigenvalue weighted by atomic mass is 16.8. The van der Waals surface area contributed by atoms with Gasteiger partial charge in [0.1, 0.15) is 17.2 Å². The van der Waals surface area contributed by atoms with Crippen LogP contribution in [0.4, 0.5) is 15.3 Å². The van der Waals surface area contributed by atoms with Crippen molar-refractivity contribution < 1.29 is 71.6 Å². The minimum Gasteiger partial charge on any atom is -0.425 e. The Balaban J connectivity index is 1.57. The molecule has 0 atom stereocenters. The molecule has 0 saturated heterocycles. The number of nitro benzene ring substituents is 1. The second-order valence-electron chi connectivity index (χ2n) is 8.28. The van der Waals surface area contributed by atoms with Crippen LogP contribution < -0.4 is 18.9 Å². The summed E-state index contributed by atoms with van der Waals surface area (Å²) in [6, 6.07) is 12.8. The van der Waals surface area contributed by atoms with Gasteiger partial charge in [0.15, 0.2) is 0 Å². The second kappa shape index (κ2) is 16.7. The molecular formula is C30H21NO16. The van der Waals surface area contributed by atoms with Crippen molar-refractivity contribution in [3.05, 3.63) is 113 Å². The lowest BCUT2D eigenvalue weighted by Gasteiger charge is -2.09. The first-order chi connectivity index (χ1) is 22.5. The first-order valence-electron chi connectivity index (χ1n) is 12.7. The first kappa shape index (κ1) is 34.5. The van der Waals surface area contributed by atoms with Crippen molar-refractivity contribution in [2.45, 2.75) is 0 Å². The molecule has 0 unspecified atom stereocenters. The predicted molar refractivity (Wildman–Crippen MR) is 152 cm³/mol. The summed E-state index contributed by atoms with van der Waals surface area (Å²) >= 11 is 0. The monoisotopic (exact) mass is 651 g/mol. The number of hydrogen-bond acceptors (Lipinski definition) is 16. The summed E-state index contributed by atoms with van der Waals surface area (Å²) in [4.78, 5) is 81.1. The fraction of sp³-hybridized carbons (Fsp3) is 0.0667. The Bertz CT molecular complexity index is 1700. The summed E-state index contributed by atoms with van der Waals surface area (Å²) in [7, 11) is 0. The van der Waals surface area contributed by atoms with Crippen LogP contribution in [-0.2, 0) is 28.5 Å². The van der Waals surface area contributed by atoms with Gasteiger partial charge in [-0.15, -0.1) is 0 Å². The molecule has 0 spiro atoms. The zero-order valence-electron chi connectivity index (χ0n) is 23.8. The number of nitro groups is 1. The molecule has 47 heavy (non-hydrogen) atoms. The number of ether oxygens (including phenoxy) is 8. The average Bonchev–Trinajstić information content (AvgIpc) is 3.05. The van der Waals surface area contributed by atoms with E-state index in [0.29, 0.717) is 0 Å². The lowest BCUT2D eigenvalue weighted by atomic mass is 10.2. The van der Waals surface area contributed by atoms with Crippen LogP contribution >= 0.6 is 0 Å². The van der Waals surface area contributed by atoms with Crippen molar-refractivity contribution in [1.82, 2.24) is 0 Å². The molecule has 0 aliphatic carbocycles. The molecule has 242 valence electrons. The molecule has 0 bridgehead atoms. The van der Waals surface area contributed by atoms with E-state index in [4.69, 9.17) is 18.9 Å². The van der Waals surface area contributed by atoms with Crippen molar-refractivity contribution in [2.24, 2.45) is 0 Å². The van der Waals surface area contributed by atoms with Gasteiger partial charge < -0.3 is 37.9 Å². The highest BCUT2D eigenvalue weighted by Crippen LogP contribution is 2.32. The summed E-state index contributed by atoms with van der Waals surface area (Å²) in [5.41, 5.74) is -0.808. The van der Waals surface area contributed by atoms with Crippen molar-refractivity contribution >= 4 is 41.9 Å². The lowest BCUT2D eigenvalue weighted by Crippen LogP contribution is -2.15. The van der Waals surface area contributed by atoms with Gasteiger partial charge in [-0.05, 0) is 60.7 Å². The molecule has 3 aromatic carbocycles. The summed E-state index contributed by atoms with van der Waals surface area (Å²) in [6.07, 6.45) is -0.662. The van der Waals surface area contributed by atoms with Gasteiger partial charge in [0, 0.05) is 12.2 Å². The quantitative estimate of drug-likeness (QED) is 0.0474. The van der Waals surface area contributed by atoms with Crippen molar-refractivity contribution in [3.8, 4) is 23.0 Å². The van der Waals surface area contributed by atoms with E-state index in [0.717, 1.165) is 30.4 Å².